The number of furan rings is 1. The van der Waals surface area contributed by atoms with Crippen molar-refractivity contribution in [2.24, 2.45) is 0 Å². The molecular formula is C17H18BrNOS. The molecule has 3 rings (SSSR count). The highest BCUT2D eigenvalue weighted by atomic mass is 79.9. The molecule has 0 aliphatic rings. The van der Waals surface area contributed by atoms with Crippen molar-refractivity contribution in [2.45, 2.75) is 33.4 Å². The summed E-state index contributed by atoms with van der Waals surface area (Å²) in [5, 5.41) is 4.67. The topological polar surface area (TPSA) is 25.2 Å². The quantitative estimate of drug-likeness (QED) is 0.640. The van der Waals surface area contributed by atoms with Crippen molar-refractivity contribution in [3.05, 3.63) is 55.9 Å². The summed E-state index contributed by atoms with van der Waals surface area (Å²) in [6.45, 7) is 7.35. The standard InChI is InChI=1S/C17H18BrNOS/c1-10-6-15(21-12(10)3)9-19-11(2)17-8-13-7-14(18)4-5-16(13)20-17/h4-8,11,19H,9H2,1-3H3. The van der Waals surface area contributed by atoms with Crippen LogP contribution in [0.4, 0.5) is 0 Å². The highest BCUT2D eigenvalue weighted by molar-refractivity contribution is 9.10. The molecule has 1 atom stereocenters. The lowest BCUT2D eigenvalue weighted by Gasteiger charge is -2.09. The second-order valence-corrected chi connectivity index (χ2v) is 7.64. The number of aryl methyl sites for hydroxylation is 2. The highest BCUT2D eigenvalue weighted by Gasteiger charge is 2.12. The van der Waals surface area contributed by atoms with Crippen molar-refractivity contribution >= 4 is 38.2 Å². The lowest BCUT2D eigenvalue weighted by atomic mass is 10.2. The fourth-order valence-electron chi connectivity index (χ4n) is 2.34. The van der Waals surface area contributed by atoms with Gasteiger partial charge in [0.15, 0.2) is 0 Å². The SMILES string of the molecule is Cc1cc(CNC(C)c2cc3cc(Br)ccc3o2)sc1C. The Morgan fingerprint density at radius 1 is 1.24 bits per heavy atom. The summed E-state index contributed by atoms with van der Waals surface area (Å²) in [5.41, 5.74) is 2.31. The third-order valence-corrected chi connectivity index (χ3v) is 5.37. The average Bonchev–Trinajstić information content (AvgIpc) is 3.00. The molecule has 0 radical (unpaired) electrons. The molecule has 0 bridgehead atoms. The Kier molecular flexibility index (Phi) is 4.20. The maximum Gasteiger partial charge on any atom is 0.134 e. The summed E-state index contributed by atoms with van der Waals surface area (Å²) in [4.78, 5) is 2.77. The molecule has 2 nitrogen and oxygen atoms in total. The molecule has 0 fully saturated rings. The van der Waals surface area contributed by atoms with Gasteiger partial charge in [-0.3, -0.25) is 0 Å². The Balaban J connectivity index is 1.72. The number of nitrogens with one attached hydrogen (secondary N) is 1. The number of hydrogen-bond acceptors (Lipinski definition) is 3. The molecule has 4 heteroatoms. The van der Waals surface area contributed by atoms with Crippen molar-refractivity contribution in [1.29, 1.82) is 0 Å². The fraction of sp³-hybridized carbons (Fsp3) is 0.294. The van der Waals surface area contributed by atoms with Gasteiger partial charge in [0.25, 0.3) is 0 Å². The number of benzene rings is 1. The molecule has 1 N–H and O–H groups in total. The normalized spacial score (nSPS) is 13.0. The van der Waals surface area contributed by atoms with Crippen LogP contribution in [0, 0.1) is 13.8 Å². The second kappa shape index (κ2) is 5.95. The van der Waals surface area contributed by atoms with Crippen molar-refractivity contribution in [2.75, 3.05) is 0 Å². The van der Waals surface area contributed by atoms with Crippen LogP contribution in [0.2, 0.25) is 0 Å². The van der Waals surface area contributed by atoms with E-state index in [1.54, 1.807) is 0 Å². The number of rotatable bonds is 4. The minimum atomic E-state index is 0.193. The van der Waals surface area contributed by atoms with Gasteiger partial charge in [0, 0.05) is 26.2 Å². The maximum atomic E-state index is 5.92. The first-order valence-electron chi connectivity index (χ1n) is 7.01. The predicted octanol–water partition coefficient (Wildman–Crippen LogP) is 5.72. The van der Waals surface area contributed by atoms with Crippen LogP contribution in [-0.4, -0.2) is 0 Å². The van der Waals surface area contributed by atoms with Crippen LogP contribution < -0.4 is 5.32 Å². The lowest BCUT2D eigenvalue weighted by molar-refractivity contribution is 0.452. The molecule has 1 unspecified atom stereocenters. The van der Waals surface area contributed by atoms with Gasteiger partial charge in [-0.2, -0.15) is 0 Å². The number of hydrogen-bond donors (Lipinski definition) is 1. The molecule has 1 aromatic carbocycles. The molecule has 0 aliphatic heterocycles. The van der Waals surface area contributed by atoms with Crippen molar-refractivity contribution in [3.63, 3.8) is 0 Å². The third kappa shape index (κ3) is 3.23. The van der Waals surface area contributed by atoms with Crippen LogP contribution >= 0.6 is 27.3 Å². The van der Waals surface area contributed by atoms with Crippen LogP contribution in [0.5, 0.6) is 0 Å². The highest BCUT2D eigenvalue weighted by Crippen LogP contribution is 2.27. The second-order valence-electron chi connectivity index (χ2n) is 5.39. The predicted molar refractivity (Wildman–Crippen MR) is 93.0 cm³/mol. The van der Waals surface area contributed by atoms with E-state index in [1.807, 2.05) is 23.5 Å². The van der Waals surface area contributed by atoms with E-state index in [4.69, 9.17) is 4.42 Å². The van der Waals surface area contributed by atoms with Gasteiger partial charge in [-0.05, 0) is 56.7 Å². The summed E-state index contributed by atoms with van der Waals surface area (Å²) in [6.07, 6.45) is 0. The van der Waals surface area contributed by atoms with Crippen LogP contribution in [0.25, 0.3) is 11.0 Å². The van der Waals surface area contributed by atoms with E-state index >= 15 is 0 Å². The summed E-state index contributed by atoms with van der Waals surface area (Å²) in [6, 6.07) is 10.7. The van der Waals surface area contributed by atoms with Crippen LogP contribution in [0.15, 0.2) is 39.2 Å². The number of fused-ring (bicyclic) bond motifs is 1. The Hall–Kier alpha value is -1.10. The Morgan fingerprint density at radius 3 is 2.76 bits per heavy atom. The van der Waals surface area contributed by atoms with E-state index in [9.17, 15) is 0 Å². The summed E-state index contributed by atoms with van der Waals surface area (Å²) < 4.78 is 7.00. The van der Waals surface area contributed by atoms with E-state index in [0.29, 0.717) is 0 Å². The molecule has 3 aromatic rings. The zero-order chi connectivity index (χ0) is 15.0. The maximum absolute atomic E-state index is 5.92. The number of thiophene rings is 1. The molecule has 0 amide bonds. The molecule has 0 aliphatic carbocycles. The van der Waals surface area contributed by atoms with E-state index in [1.165, 1.54) is 15.3 Å². The first-order valence-corrected chi connectivity index (χ1v) is 8.62. The molecule has 2 heterocycles. The summed E-state index contributed by atoms with van der Waals surface area (Å²) in [5.74, 6) is 0.980. The Labute approximate surface area is 137 Å². The molecule has 21 heavy (non-hydrogen) atoms. The van der Waals surface area contributed by atoms with E-state index in [-0.39, 0.29) is 6.04 Å². The van der Waals surface area contributed by atoms with Gasteiger partial charge in [-0.25, -0.2) is 0 Å². The molecule has 110 valence electrons. The first-order chi connectivity index (χ1) is 10.0. The fourth-order valence-corrected chi connectivity index (χ4v) is 3.72. The van der Waals surface area contributed by atoms with E-state index < -0.39 is 0 Å². The minimum Gasteiger partial charge on any atom is -0.459 e. The Bertz CT molecular complexity index is 755. The molecular weight excluding hydrogens is 346 g/mol. The average molecular weight is 364 g/mol. The summed E-state index contributed by atoms with van der Waals surface area (Å²) >= 11 is 5.35. The summed E-state index contributed by atoms with van der Waals surface area (Å²) in [7, 11) is 0. The van der Waals surface area contributed by atoms with Gasteiger partial charge in [0.1, 0.15) is 11.3 Å². The van der Waals surface area contributed by atoms with Gasteiger partial charge in [-0.1, -0.05) is 15.9 Å². The minimum absolute atomic E-state index is 0.193. The molecule has 0 saturated carbocycles. The Morgan fingerprint density at radius 2 is 2.05 bits per heavy atom. The van der Waals surface area contributed by atoms with Crippen molar-refractivity contribution < 1.29 is 4.42 Å². The monoisotopic (exact) mass is 363 g/mol. The first kappa shape index (κ1) is 14.8. The van der Waals surface area contributed by atoms with Crippen LogP contribution in [0.1, 0.15) is 34.0 Å². The molecule has 0 saturated heterocycles. The molecule has 2 aromatic heterocycles. The van der Waals surface area contributed by atoms with Crippen molar-refractivity contribution in [1.82, 2.24) is 5.32 Å². The van der Waals surface area contributed by atoms with Crippen LogP contribution in [-0.2, 0) is 6.54 Å². The van der Waals surface area contributed by atoms with Gasteiger partial charge in [-0.15, -0.1) is 11.3 Å². The largest absolute Gasteiger partial charge is 0.459 e. The third-order valence-electron chi connectivity index (χ3n) is 3.72. The zero-order valence-corrected chi connectivity index (χ0v) is 14.8. The van der Waals surface area contributed by atoms with Gasteiger partial charge < -0.3 is 9.73 Å². The zero-order valence-electron chi connectivity index (χ0n) is 12.4. The lowest BCUT2D eigenvalue weighted by Crippen LogP contribution is -2.16. The van der Waals surface area contributed by atoms with Crippen LogP contribution in [0.3, 0.4) is 0 Å². The van der Waals surface area contributed by atoms with E-state index in [2.05, 4.69) is 60.2 Å². The molecule has 0 spiro atoms. The van der Waals surface area contributed by atoms with Gasteiger partial charge >= 0.3 is 0 Å². The van der Waals surface area contributed by atoms with Gasteiger partial charge in [0.2, 0.25) is 0 Å². The van der Waals surface area contributed by atoms with Crippen molar-refractivity contribution in [3.8, 4) is 0 Å². The van der Waals surface area contributed by atoms with Gasteiger partial charge in [0.05, 0.1) is 6.04 Å². The van der Waals surface area contributed by atoms with E-state index in [0.717, 1.165) is 27.7 Å². The smallest absolute Gasteiger partial charge is 0.134 e. The number of halogens is 1.